The third kappa shape index (κ3) is 4.81. The van der Waals surface area contributed by atoms with Crippen molar-refractivity contribution in [2.45, 2.75) is 13.3 Å². The molecule has 2 aromatic rings. The minimum atomic E-state index is -1.75. The van der Waals surface area contributed by atoms with Gasteiger partial charge in [0.25, 0.3) is 5.91 Å². The minimum absolute atomic E-state index is 0.0302. The van der Waals surface area contributed by atoms with E-state index < -0.39 is 58.7 Å². The Morgan fingerprint density at radius 3 is 2.30 bits per heavy atom. The third-order valence-corrected chi connectivity index (χ3v) is 3.58. The highest BCUT2D eigenvalue weighted by Crippen LogP contribution is 2.20. The first-order valence-electron chi connectivity index (χ1n) is 7.92. The summed E-state index contributed by atoms with van der Waals surface area (Å²) in [5.74, 6) is -8.41. The number of hydrogen-bond acceptors (Lipinski definition) is 2. The summed E-state index contributed by atoms with van der Waals surface area (Å²) in [6.07, 6.45) is 0.398. The van der Waals surface area contributed by atoms with Crippen LogP contribution in [0.5, 0.6) is 0 Å². The Labute approximate surface area is 151 Å². The SMILES string of the molecule is CCCN(CC(=O)Nc1ccc(F)c(F)c1F)C(=O)c1cc(F)ccc1F. The van der Waals surface area contributed by atoms with Crippen molar-refractivity contribution in [3.8, 4) is 0 Å². The number of benzene rings is 2. The molecule has 0 aliphatic carbocycles. The summed E-state index contributed by atoms with van der Waals surface area (Å²) in [7, 11) is 0. The standard InChI is InChI=1S/C18H15F5N2O2/c1-2-7-25(18(27)11-8-10(19)3-4-12(11)20)9-15(26)24-14-6-5-13(21)16(22)17(14)23/h3-6,8H,2,7,9H2,1H3,(H,24,26). The van der Waals surface area contributed by atoms with Crippen molar-refractivity contribution in [2.75, 3.05) is 18.4 Å². The molecule has 0 heterocycles. The van der Waals surface area contributed by atoms with Gasteiger partial charge < -0.3 is 10.2 Å². The number of anilines is 1. The van der Waals surface area contributed by atoms with E-state index in [0.717, 1.165) is 23.1 Å². The van der Waals surface area contributed by atoms with Gasteiger partial charge in [-0.05, 0) is 36.8 Å². The van der Waals surface area contributed by atoms with Crippen molar-refractivity contribution in [3.63, 3.8) is 0 Å². The molecule has 0 saturated heterocycles. The molecule has 0 saturated carbocycles. The minimum Gasteiger partial charge on any atom is -0.329 e. The Morgan fingerprint density at radius 1 is 0.963 bits per heavy atom. The molecule has 0 radical (unpaired) electrons. The largest absolute Gasteiger partial charge is 0.329 e. The number of carbonyl (C=O) groups excluding carboxylic acids is 2. The zero-order valence-electron chi connectivity index (χ0n) is 14.2. The van der Waals surface area contributed by atoms with Crippen molar-refractivity contribution in [2.24, 2.45) is 0 Å². The maximum atomic E-state index is 13.8. The van der Waals surface area contributed by atoms with Crippen LogP contribution in [0.25, 0.3) is 0 Å². The van der Waals surface area contributed by atoms with E-state index in [1.165, 1.54) is 0 Å². The summed E-state index contributed by atoms with van der Waals surface area (Å²) in [5, 5.41) is 2.02. The molecule has 4 nitrogen and oxygen atoms in total. The third-order valence-electron chi connectivity index (χ3n) is 3.58. The first-order valence-corrected chi connectivity index (χ1v) is 7.92. The van der Waals surface area contributed by atoms with Crippen LogP contribution < -0.4 is 5.32 Å². The molecule has 9 heteroatoms. The summed E-state index contributed by atoms with van der Waals surface area (Å²) in [4.78, 5) is 25.4. The molecule has 0 bridgehead atoms. The number of carbonyl (C=O) groups is 2. The van der Waals surface area contributed by atoms with Crippen LogP contribution in [0, 0.1) is 29.1 Å². The lowest BCUT2D eigenvalue weighted by Crippen LogP contribution is -2.39. The molecule has 1 N–H and O–H groups in total. The highest BCUT2D eigenvalue weighted by atomic mass is 19.2. The van der Waals surface area contributed by atoms with Crippen LogP contribution in [0.2, 0.25) is 0 Å². The number of nitrogens with zero attached hydrogens (tertiary/aromatic N) is 1. The van der Waals surface area contributed by atoms with Gasteiger partial charge >= 0.3 is 0 Å². The van der Waals surface area contributed by atoms with Gasteiger partial charge in [-0.3, -0.25) is 9.59 Å². The normalized spacial score (nSPS) is 10.6. The van der Waals surface area contributed by atoms with Gasteiger partial charge in [0.2, 0.25) is 5.91 Å². The van der Waals surface area contributed by atoms with Crippen LogP contribution in [0.4, 0.5) is 27.6 Å². The fourth-order valence-electron chi connectivity index (χ4n) is 2.34. The number of halogens is 5. The number of rotatable bonds is 6. The van der Waals surface area contributed by atoms with Crippen molar-refractivity contribution in [1.29, 1.82) is 0 Å². The average Bonchev–Trinajstić information content (AvgIpc) is 2.63. The molecule has 0 aliphatic heterocycles. The molecule has 2 aromatic carbocycles. The zero-order chi connectivity index (χ0) is 20.1. The molecular weight excluding hydrogens is 371 g/mol. The fraction of sp³-hybridized carbons (Fsp3) is 0.222. The lowest BCUT2D eigenvalue weighted by molar-refractivity contribution is -0.116. The van der Waals surface area contributed by atoms with Crippen LogP contribution >= 0.6 is 0 Å². The van der Waals surface area contributed by atoms with E-state index in [9.17, 15) is 31.5 Å². The van der Waals surface area contributed by atoms with E-state index in [0.29, 0.717) is 18.6 Å². The van der Waals surface area contributed by atoms with Gasteiger partial charge in [0.05, 0.1) is 11.3 Å². The van der Waals surface area contributed by atoms with E-state index in [-0.39, 0.29) is 6.54 Å². The number of nitrogens with one attached hydrogen (secondary N) is 1. The average molecular weight is 386 g/mol. The Bertz CT molecular complexity index is 873. The second kappa shape index (κ2) is 8.61. The lowest BCUT2D eigenvalue weighted by atomic mass is 10.1. The van der Waals surface area contributed by atoms with E-state index in [1.54, 1.807) is 6.92 Å². The van der Waals surface area contributed by atoms with Gasteiger partial charge in [-0.2, -0.15) is 0 Å². The maximum absolute atomic E-state index is 13.8. The topological polar surface area (TPSA) is 49.4 Å². The molecule has 0 aliphatic rings. The molecule has 27 heavy (non-hydrogen) atoms. The van der Waals surface area contributed by atoms with Gasteiger partial charge in [0.15, 0.2) is 17.5 Å². The Hall–Kier alpha value is -2.97. The molecule has 2 amide bonds. The first kappa shape index (κ1) is 20.3. The van der Waals surface area contributed by atoms with Crippen LogP contribution in [-0.4, -0.2) is 29.8 Å². The van der Waals surface area contributed by atoms with Crippen LogP contribution in [0.15, 0.2) is 30.3 Å². The molecule has 0 spiro atoms. The second-order valence-corrected chi connectivity index (χ2v) is 5.62. The quantitative estimate of drug-likeness (QED) is 0.605. The second-order valence-electron chi connectivity index (χ2n) is 5.62. The molecular formula is C18H15F5N2O2. The van der Waals surface area contributed by atoms with Gasteiger partial charge in [0.1, 0.15) is 18.2 Å². The smallest absolute Gasteiger partial charge is 0.257 e. The summed E-state index contributed by atoms with van der Waals surface area (Å²) < 4.78 is 66.9. The van der Waals surface area contributed by atoms with Crippen molar-refractivity contribution in [1.82, 2.24) is 4.90 Å². The maximum Gasteiger partial charge on any atom is 0.257 e. The highest BCUT2D eigenvalue weighted by Gasteiger charge is 2.23. The molecule has 144 valence electrons. The molecule has 0 fully saturated rings. The molecule has 0 aromatic heterocycles. The van der Waals surface area contributed by atoms with Gasteiger partial charge in [-0.1, -0.05) is 6.92 Å². The summed E-state index contributed by atoms with van der Waals surface area (Å²) >= 11 is 0. The Kier molecular flexibility index (Phi) is 6.49. The van der Waals surface area contributed by atoms with Crippen molar-refractivity contribution < 1.29 is 31.5 Å². The predicted molar refractivity (Wildman–Crippen MR) is 87.5 cm³/mol. The predicted octanol–water partition coefficient (Wildman–Crippen LogP) is 3.87. The van der Waals surface area contributed by atoms with Gasteiger partial charge in [0, 0.05) is 6.54 Å². The number of amides is 2. The van der Waals surface area contributed by atoms with E-state index in [4.69, 9.17) is 0 Å². The van der Waals surface area contributed by atoms with E-state index in [1.807, 2.05) is 5.32 Å². The lowest BCUT2D eigenvalue weighted by Gasteiger charge is -2.22. The zero-order valence-corrected chi connectivity index (χ0v) is 14.2. The van der Waals surface area contributed by atoms with E-state index in [2.05, 4.69) is 0 Å². The summed E-state index contributed by atoms with van der Waals surface area (Å²) in [6, 6.07) is 3.78. The summed E-state index contributed by atoms with van der Waals surface area (Å²) in [6.45, 7) is 1.10. The van der Waals surface area contributed by atoms with Crippen molar-refractivity contribution in [3.05, 3.63) is 65.0 Å². The number of hydrogen-bond donors (Lipinski definition) is 1. The molecule has 0 unspecified atom stereocenters. The first-order chi connectivity index (χ1) is 12.7. The van der Waals surface area contributed by atoms with Crippen LogP contribution in [-0.2, 0) is 4.79 Å². The fourth-order valence-corrected chi connectivity index (χ4v) is 2.34. The van der Waals surface area contributed by atoms with Gasteiger partial charge in [-0.25, -0.2) is 22.0 Å². The van der Waals surface area contributed by atoms with Crippen molar-refractivity contribution >= 4 is 17.5 Å². The van der Waals surface area contributed by atoms with Crippen LogP contribution in [0.3, 0.4) is 0 Å². The Balaban J connectivity index is 2.18. The summed E-state index contributed by atoms with van der Waals surface area (Å²) in [5.41, 5.74) is -1.17. The Morgan fingerprint density at radius 2 is 1.63 bits per heavy atom. The molecule has 2 rings (SSSR count). The molecule has 0 atom stereocenters. The van der Waals surface area contributed by atoms with Gasteiger partial charge in [-0.15, -0.1) is 0 Å². The highest BCUT2D eigenvalue weighted by molar-refractivity contribution is 5.99. The van der Waals surface area contributed by atoms with Crippen LogP contribution in [0.1, 0.15) is 23.7 Å². The monoisotopic (exact) mass is 386 g/mol. The van der Waals surface area contributed by atoms with E-state index >= 15 is 0 Å².